The fraction of sp³-hybridized carbons (Fsp3) is 1.00. The first-order valence-electron chi connectivity index (χ1n) is 4.77. The highest BCUT2D eigenvalue weighted by Crippen LogP contribution is 2.20. The van der Waals surface area contributed by atoms with Gasteiger partial charge in [-0.15, -0.1) is 0 Å². The molecule has 4 nitrogen and oxygen atoms in total. The highest BCUT2D eigenvalue weighted by molar-refractivity contribution is 7.92. The second-order valence-electron chi connectivity index (χ2n) is 4.10. The Morgan fingerprint density at radius 1 is 1.15 bits per heavy atom. The van der Waals surface area contributed by atoms with Gasteiger partial charge >= 0.3 is 0 Å². The Labute approximate surface area is 79.0 Å². The Morgan fingerprint density at radius 3 is 2.15 bits per heavy atom. The fourth-order valence-corrected chi connectivity index (χ4v) is 3.53. The van der Waals surface area contributed by atoms with Crippen molar-refractivity contribution in [1.29, 1.82) is 0 Å². The lowest BCUT2D eigenvalue weighted by atomic mass is 10.0. The minimum Gasteiger partial charge on any atom is -0.328 e. The van der Waals surface area contributed by atoms with Crippen LogP contribution in [-0.2, 0) is 9.84 Å². The molecule has 2 N–H and O–H groups in total. The summed E-state index contributed by atoms with van der Waals surface area (Å²) < 4.78 is 21.9. The van der Waals surface area contributed by atoms with E-state index in [-0.39, 0.29) is 6.04 Å². The number of nitrogens with two attached hydrogens (primary N) is 1. The standard InChI is InChI=1S/C8H16N2O2S/c9-7-1-3-10(4-2-7)8-5-13(11,12)6-8/h7-8H,1-6,9H2. The normalized spacial score (nSPS) is 31.5. The highest BCUT2D eigenvalue weighted by atomic mass is 32.2. The van der Waals surface area contributed by atoms with Crippen LogP contribution >= 0.6 is 0 Å². The van der Waals surface area contributed by atoms with Gasteiger partial charge in [-0.1, -0.05) is 0 Å². The van der Waals surface area contributed by atoms with Crippen molar-refractivity contribution in [2.45, 2.75) is 24.9 Å². The summed E-state index contributed by atoms with van der Waals surface area (Å²) in [5.74, 6) is 0.727. The SMILES string of the molecule is NC1CCN(C2CS(=O)(=O)C2)CC1. The van der Waals surface area contributed by atoms with E-state index in [1.807, 2.05) is 0 Å². The molecule has 0 saturated carbocycles. The average molecular weight is 204 g/mol. The van der Waals surface area contributed by atoms with Crippen molar-refractivity contribution in [1.82, 2.24) is 4.90 Å². The fourth-order valence-electron chi connectivity index (χ4n) is 2.03. The minimum atomic E-state index is -2.67. The molecule has 0 radical (unpaired) electrons. The Kier molecular flexibility index (Phi) is 2.33. The van der Waals surface area contributed by atoms with Crippen LogP contribution in [0.1, 0.15) is 12.8 Å². The van der Waals surface area contributed by atoms with Crippen LogP contribution < -0.4 is 5.73 Å². The summed E-state index contributed by atoms with van der Waals surface area (Å²) >= 11 is 0. The van der Waals surface area contributed by atoms with Crippen LogP contribution in [0.4, 0.5) is 0 Å². The zero-order valence-electron chi connectivity index (χ0n) is 7.65. The van der Waals surface area contributed by atoms with Gasteiger partial charge in [-0.3, -0.25) is 4.90 Å². The zero-order chi connectivity index (χ0) is 9.47. The third-order valence-electron chi connectivity index (χ3n) is 2.98. The quantitative estimate of drug-likeness (QED) is 0.608. The van der Waals surface area contributed by atoms with Crippen molar-refractivity contribution in [3.63, 3.8) is 0 Å². The molecular weight excluding hydrogens is 188 g/mol. The van der Waals surface area contributed by atoms with Gasteiger partial charge in [0.2, 0.25) is 0 Å². The molecule has 2 heterocycles. The zero-order valence-corrected chi connectivity index (χ0v) is 8.46. The molecule has 0 bridgehead atoms. The molecule has 76 valence electrons. The highest BCUT2D eigenvalue weighted by Gasteiger charge is 2.38. The van der Waals surface area contributed by atoms with E-state index >= 15 is 0 Å². The predicted octanol–water partition coefficient (Wildman–Crippen LogP) is -0.793. The number of sulfone groups is 1. The van der Waals surface area contributed by atoms with E-state index in [0.717, 1.165) is 25.9 Å². The van der Waals surface area contributed by atoms with E-state index < -0.39 is 9.84 Å². The summed E-state index contributed by atoms with van der Waals surface area (Å²) in [7, 11) is -2.67. The third kappa shape index (κ3) is 2.03. The molecule has 5 heteroatoms. The molecule has 0 unspecified atom stereocenters. The first-order valence-corrected chi connectivity index (χ1v) is 6.59. The van der Waals surface area contributed by atoms with Crippen molar-refractivity contribution in [3.8, 4) is 0 Å². The second kappa shape index (κ2) is 3.22. The molecule has 0 spiro atoms. The first kappa shape index (κ1) is 9.43. The van der Waals surface area contributed by atoms with E-state index in [1.54, 1.807) is 0 Å². The largest absolute Gasteiger partial charge is 0.328 e. The number of piperidine rings is 1. The number of rotatable bonds is 1. The first-order chi connectivity index (χ1) is 6.07. The minimum absolute atomic E-state index is 0.289. The molecule has 2 saturated heterocycles. The molecule has 2 fully saturated rings. The Morgan fingerprint density at radius 2 is 1.69 bits per heavy atom. The van der Waals surface area contributed by atoms with E-state index in [4.69, 9.17) is 5.73 Å². The number of hydrogen-bond acceptors (Lipinski definition) is 4. The van der Waals surface area contributed by atoms with Crippen molar-refractivity contribution in [2.24, 2.45) is 5.73 Å². The summed E-state index contributed by atoms with van der Waals surface area (Å²) in [6.45, 7) is 1.95. The number of likely N-dealkylation sites (tertiary alicyclic amines) is 1. The summed E-state index contributed by atoms with van der Waals surface area (Å²) in [4.78, 5) is 2.27. The summed E-state index contributed by atoms with van der Waals surface area (Å²) in [6.07, 6.45) is 2.02. The van der Waals surface area contributed by atoms with Crippen molar-refractivity contribution < 1.29 is 8.42 Å². The van der Waals surface area contributed by atoms with E-state index in [9.17, 15) is 8.42 Å². The van der Waals surface area contributed by atoms with Gasteiger partial charge in [-0.25, -0.2) is 8.42 Å². The van der Waals surface area contributed by atoms with Gasteiger partial charge in [0.05, 0.1) is 11.5 Å². The predicted molar refractivity (Wildman–Crippen MR) is 51.2 cm³/mol. The van der Waals surface area contributed by atoms with Crippen molar-refractivity contribution >= 4 is 9.84 Å². The lowest BCUT2D eigenvalue weighted by Crippen LogP contribution is -2.56. The molecule has 2 rings (SSSR count). The van der Waals surface area contributed by atoms with Gasteiger partial charge < -0.3 is 5.73 Å². The van der Waals surface area contributed by atoms with Crippen LogP contribution in [0.2, 0.25) is 0 Å². The summed E-state index contributed by atoms with van der Waals surface area (Å²) in [5, 5.41) is 0. The van der Waals surface area contributed by atoms with Gasteiger partial charge in [0.15, 0.2) is 9.84 Å². The molecule has 0 aliphatic carbocycles. The molecule has 0 aromatic rings. The maximum Gasteiger partial charge on any atom is 0.153 e. The average Bonchev–Trinajstić information content (AvgIpc) is 2.01. The molecule has 0 aromatic heterocycles. The van der Waals surface area contributed by atoms with E-state index in [0.29, 0.717) is 17.5 Å². The van der Waals surface area contributed by atoms with Gasteiger partial charge in [-0.05, 0) is 25.9 Å². The molecule has 0 aromatic carbocycles. The van der Waals surface area contributed by atoms with Gasteiger partial charge in [0.1, 0.15) is 0 Å². The second-order valence-corrected chi connectivity index (χ2v) is 6.26. The smallest absolute Gasteiger partial charge is 0.153 e. The number of nitrogens with zero attached hydrogens (tertiary/aromatic N) is 1. The van der Waals surface area contributed by atoms with Crippen LogP contribution in [0.15, 0.2) is 0 Å². The maximum absolute atomic E-state index is 11.0. The lowest BCUT2D eigenvalue weighted by Gasteiger charge is -2.40. The topological polar surface area (TPSA) is 63.4 Å². The summed E-state index contributed by atoms with van der Waals surface area (Å²) in [6, 6.07) is 0.616. The Hall–Kier alpha value is -0.130. The molecule has 0 atom stereocenters. The number of hydrogen-bond donors (Lipinski definition) is 1. The van der Waals surface area contributed by atoms with Crippen molar-refractivity contribution in [2.75, 3.05) is 24.6 Å². The third-order valence-corrected chi connectivity index (χ3v) is 4.77. The van der Waals surface area contributed by atoms with Gasteiger partial charge in [0.25, 0.3) is 0 Å². The van der Waals surface area contributed by atoms with Crippen LogP contribution in [0.3, 0.4) is 0 Å². The van der Waals surface area contributed by atoms with Gasteiger partial charge in [0, 0.05) is 12.1 Å². The summed E-state index contributed by atoms with van der Waals surface area (Å²) in [5.41, 5.74) is 5.76. The van der Waals surface area contributed by atoms with Crippen LogP contribution in [-0.4, -0.2) is 50.0 Å². The Balaban J connectivity index is 1.84. The molecule has 13 heavy (non-hydrogen) atoms. The van der Waals surface area contributed by atoms with Crippen LogP contribution in [0.25, 0.3) is 0 Å². The van der Waals surface area contributed by atoms with Crippen LogP contribution in [0, 0.1) is 0 Å². The lowest BCUT2D eigenvalue weighted by molar-refractivity contribution is 0.167. The molecule has 2 aliphatic heterocycles. The van der Waals surface area contributed by atoms with E-state index in [2.05, 4.69) is 4.90 Å². The molecule has 0 amide bonds. The monoisotopic (exact) mass is 204 g/mol. The van der Waals surface area contributed by atoms with Crippen LogP contribution in [0.5, 0.6) is 0 Å². The Bertz CT molecular complexity index is 269. The van der Waals surface area contributed by atoms with Gasteiger partial charge in [-0.2, -0.15) is 0 Å². The van der Waals surface area contributed by atoms with E-state index in [1.165, 1.54) is 0 Å². The molecule has 2 aliphatic rings. The molecular formula is C8H16N2O2S. The maximum atomic E-state index is 11.0. The van der Waals surface area contributed by atoms with Crippen molar-refractivity contribution in [3.05, 3.63) is 0 Å².